The predicted molar refractivity (Wildman–Crippen MR) is 257 cm³/mol. The first kappa shape index (κ1) is 36.0. The molecule has 5 heteroatoms. The Bertz CT molecular complexity index is 3550. The van der Waals surface area contributed by atoms with Gasteiger partial charge in [-0.15, -0.1) is 11.3 Å². The van der Waals surface area contributed by atoms with E-state index in [4.69, 9.17) is 0 Å². The number of thiophene rings is 1. The summed E-state index contributed by atoms with van der Waals surface area (Å²) in [7, 11) is 0. The summed E-state index contributed by atoms with van der Waals surface area (Å²) >= 11 is 1.87. The fraction of sp³-hybridized carbons (Fsp3) is 0.228. The van der Waals surface area contributed by atoms with Crippen LogP contribution in [0.3, 0.4) is 0 Å². The van der Waals surface area contributed by atoms with Crippen molar-refractivity contribution in [1.82, 2.24) is 9.13 Å². The molecule has 0 aliphatic heterocycles. The van der Waals surface area contributed by atoms with Gasteiger partial charge in [0, 0.05) is 43.4 Å². The minimum Gasteiger partial charge on any atom is -0.307 e. The van der Waals surface area contributed by atoms with Crippen molar-refractivity contribution < 1.29 is 0 Å². The molecule has 2 saturated carbocycles. The van der Waals surface area contributed by atoms with Crippen molar-refractivity contribution in [1.29, 1.82) is 10.5 Å². The highest BCUT2D eigenvalue weighted by molar-refractivity contribution is 7.26. The van der Waals surface area contributed by atoms with Crippen LogP contribution < -0.4 is 0 Å². The third-order valence-electron chi connectivity index (χ3n) is 15.0. The lowest BCUT2D eigenvalue weighted by molar-refractivity contribution is 0.433. The second-order valence-corrected chi connectivity index (χ2v) is 19.2. The number of para-hydroxylation sites is 2. The Hall–Kier alpha value is -6.66. The van der Waals surface area contributed by atoms with Gasteiger partial charge in [-0.2, -0.15) is 10.5 Å². The largest absolute Gasteiger partial charge is 0.307 e. The second kappa shape index (κ2) is 13.9. The number of nitriles is 2. The van der Waals surface area contributed by atoms with Crippen LogP contribution in [-0.4, -0.2) is 9.13 Å². The molecule has 0 bridgehead atoms. The summed E-state index contributed by atoms with van der Waals surface area (Å²) in [6, 6.07) is 50.3. The summed E-state index contributed by atoms with van der Waals surface area (Å²) in [6.45, 7) is 0. The van der Waals surface area contributed by atoms with Gasteiger partial charge in [-0.05, 0) is 89.1 Å². The highest BCUT2D eigenvalue weighted by Crippen LogP contribution is 2.53. The van der Waals surface area contributed by atoms with Crippen molar-refractivity contribution in [3.8, 4) is 34.6 Å². The van der Waals surface area contributed by atoms with E-state index in [2.05, 4.69) is 143 Å². The van der Waals surface area contributed by atoms with Crippen LogP contribution in [0.25, 0.3) is 86.3 Å². The first-order valence-corrected chi connectivity index (χ1v) is 23.6. The van der Waals surface area contributed by atoms with Gasteiger partial charge in [0.25, 0.3) is 0 Å². The van der Waals surface area contributed by atoms with Gasteiger partial charge in [0.05, 0.1) is 49.3 Å². The Morgan fingerprint density at radius 2 is 1.00 bits per heavy atom. The van der Waals surface area contributed by atoms with E-state index in [1.807, 2.05) is 11.3 Å². The summed E-state index contributed by atoms with van der Waals surface area (Å²) in [4.78, 5) is 0. The zero-order valence-corrected chi connectivity index (χ0v) is 35.5. The molecule has 2 fully saturated rings. The molecule has 3 heterocycles. The van der Waals surface area contributed by atoms with Crippen molar-refractivity contribution in [3.05, 3.63) is 155 Å². The minimum absolute atomic E-state index is 0.183. The summed E-state index contributed by atoms with van der Waals surface area (Å²) in [5.41, 5.74) is 15.3. The van der Waals surface area contributed by atoms with Gasteiger partial charge in [0.2, 0.25) is 0 Å². The van der Waals surface area contributed by atoms with Crippen LogP contribution in [0.5, 0.6) is 0 Å². The van der Waals surface area contributed by atoms with Gasteiger partial charge in [-0.3, -0.25) is 0 Å². The molecule has 4 nitrogen and oxygen atoms in total. The molecule has 13 rings (SSSR count). The maximum atomic E-state index is 12.1. The van der Waals surface area contributed by atoms with Gasteiger partial charge in [0.15, 0.2) is 0 Å². The first-order valence-electron chi connectivity index (χ1n) is 22.7. The lowest BCUT2D eigenvalue weighted by Crippen LogP contribution is -2.20. The van der Waals surface area contributed by atoms with Gasteiger partial charge < -0.3 is 9.13 Å². The quantitative estimate of drug-likeness (QED) is 0.178. The van der Waals surface area contributed by atoms with Crippen LogP contribution in [0.1, 0.15) is 109 Å². The third kappa shape index (κ3) is 4.98. The minimum atomic E-state index is 0.183. The van der Waals surface area contributed by atoms with Crippen molar-refractivity contribution in [2.45, 2.75) is 82.5 Å². The normalized spacial score (nSPS) is 15.8. The van der Waals surface area contributed by atoms with E-state index in [0.717, 1.165) is 102 Å². The monoisotopic (exact) mass is 816 g/mol. The van der Waals surface area contributed by atoms with Gasteiger partial charge in [0.1, 0.15) is 12.1 Å². The Balaban J connectivity index is 1.25. The highest BCUT2D eigenvalue weighted by atomic mass is 32.1. The Morgan fingerprint density at radius 3 is 1.66 bits per heavy atom. The standard InChI is InChI=1S/C57H44N4S/c58-32-46-51(34-15-3-1-4-16-34)56(61-49-25-13-10-22-40(49)43-29-30-44-41-23-11-14-26-50(41)62-57(44)55(43)61)52(35-17-5-2-6-18-35)47(33-59)54(46)60-48-24-12-9-21-39(48)42-28-27-38-37-20-8-7-19-36(37)31-45(38)53(42)60/h7-14,19-30,34-35H,1-6,15-18,31H2. The fourth-order valence-electron chi connectivity index (χ4n) is 12.4. The van der Waals surface area contributed by atoms with E-state index < -0.39 is 0 Å². The fourth-order valence-corrected chi connectivity index (χ4v) is 13.7. The van der Waals surface area contributed by atoms with Crippen LogP contribution >= 0.6 is 11.3 Å². The molecular formula is C57H44N4S. The van der Waals surface area contributed by atoms with Crippen molar-refractivity contribution >= 4 is 75.1 Å². The lowest BCUT2D eigenvalue weighted by Gasteiger charge is -2.34. The number of hydrogen-bond donors (Lipinski definition) is 0. The molecule has 62 heavy (non-hydrogen) atoms. The van der Waals surface area contributed by atoms with Gasteiger partial charge >= 0.3 is 0 Å². The number of fused-ring (bicyclic) bond motifs is 14. The average molecular weight is 817 g/mol. The Morgan fingerprint density at radius 1 is 0.468 bits per heavy atom. The summed E-state index contributed by atoms with van der Waals surface area (Å²) in [6.07, 6.45) is 11.9. The highest BCUT2D eigenvalue weighted by Gasteiger charge is 2.37. The third-order valence-corrected chi connectivity index (χ3v) is 16.2. The molecule has 0 unspecified atom stereocenters. The molecule has 0 N–H and O–H groups in total. The molecule has 298 valence electrons. The lowest BCUT2D eigenvalue weighted by atomic mass is 9.74. The molecule has 3 aromatic heterocycles. The summed E-state index contributed by atoms with van der Waals surface area (Å²) in [5, 5.41) is 31.4. The van der Waals surface area contributed by atoms with Crippen LogP contribution in [0.15, 0.2) is 121 Å². The number of benzene rings is 7. The van der Waals surface area contributed by atoms with E-state index in [0.29, 0.717) is 11.1 Å². The van der Waals surface area contributed by atoms with Crippen LogP contribution in [0.2, 0.25) is 0 Å². The van der Waals surface area contributed by atoms with E-state index in [9.17, 15) is 10.5 Å². The average Bonchev–Trinajstić information content (AvgIpc) is 4.09. The van der Waals surface area contributed by atoms with Crippen molar-refractivity contribution in [2.24, 2.45) is 0 Å². The topological polar surface area (TPSA) is 57.4 Å². The van der Waals surface area contributed by atoms with Gasteiger partial charge in [-0.25, -0.2) is 0 Å². The molecule has 10 aromatic rings. The number of nitrogens with zero attached hydrogens (tertiary/aromatic N) is 4. The predicted octanol–water partition coefficient (Wildman–Crippen LogP) is 15.7. The smallest absolute Gasteiger partial charge is 0.102 e. The Labute approximate surface area is 364 Å². The summed E-state index contributed by atoms with van der Waals surface area (Å²) in [5.74, 6) is 0.367. The summed E-state index contributed by atoms with van der Waals surface area (Å²) < 4.78 is 7.51. The van der Waals surface area contributed by atoms with Crippen LogP contribution in [0.4, 0.5) is 0 Å². The SMILES string of the molecule is N#Cc1c(C2CCCCC2)c(-n2c3ccccc3c3ccc4c5ccccc5sc4c32)c(C2CCCCC2)c(C#N)c1-n1c2ccccc2c2ccc3c(c21)Cc1ccccc1-3. The molecule has 3 aliphatic rings. The van der Waals surface area contributed by atoms with Crippen molar-refractivity contribution in [3.63, 3.8) is 0 Å². The first-order chi connectivity index (χ1) is 30.7. The molecule has 0 atom stereocenters. The molecule has 0 saturated heterocycles. The Kier molecular flexibility index (Phi) is 8.10. The molecule has 0 amide bonds. The zero-order chi connectivity index (χ0) is 41.1. The zero-order valence-electron chi connectivity index (χ0n) is 34.7. The second-order valence-electron chi connectivity index (χ2n) is 18.1. The maximum Gasteiger partial charge on any atom is 0.102 e. The van der Waals surface area contributed by atoms with Crippen LogP contribution in [0, 0.1) is 22.7 Å². The number of aromatic nitrogens is 2. The van der Waals surface area contributed by atoms with E-state index in [1.54, 1.807) is 0 Å². The van der Waals surface area contributed by atoms with E-state index >= 15 is 0 Å². The molecule has 7 aromatic carbocycles. The molecule has 0 spiro atoms. The van der Waals surface area contributed by atoms with E-state index in [1.165, 1.54) is 76.9 Å². The number of rotatable bonds is 4. The molecule has 3 aliphatic carbocycles. The van der Waals surface area contributed by atoms with Crippen molar-refractivity contribution in [2.75, 3.05) is 0 Å². The van der Waals surface area contributed by atoms with Gasteiger partial charge in [-0.1, -0.05) is 142 Å². The number of hydrogen-bond acceptors (Lipinski definition) is 3. The molecule has 0 radical (unpaired) electrons. The molecular weight excluding hydrogens is 773 g/mol. The van der Waals surface area contributed by atoms with E-state index in [-0.39, 0.29) is 11.8 Å². The maximum absolute atomic E-state index is 12.1. The van der Waals surface area contributed by atoms with Crippen LogP contribution in [-0.2, 0) is 6.42 Å².